The zero-order valence-corrected chi connectivity index (χ0v) is 11.8. The van der Waals surface area contributed by atoms with Gasteiger partial charge in [-0.25, -0.2) is 5.43 Å². The number of aryl methyl sites for hydroxylation is 1. The molecule has 2 aromatic rings. The second-order valence-corrected chi connectivity index (χ2v) is 4.28. The average molecular weight is 289 g/mol. The van der Waals surface area contributed by atoms with Gasteiger partial charge in [0.25, 0.3) is 5.56 Å². The van der Waals surface area contributed by atoms with Crippen LogP contribution in [0.25, 0.3) is 0 Å². The van der Waals surface area contributed by atoms with Crippen LogP contribution in [0.2, 0.25) is 0 Å². The third-order valence-electron chi connectivity index (χ3n) is 2.78. The van der Waals surface area contributed by atoms with Crippen molar-refractivity contribution in [1.82, 2.24) is 15.2 Å². The minimum absolute atomic E-state index is 0.0716. The summed E-state index contributed by atoms with van der Waals surface area (Å²) < 4.78 is 5.10. The molecule has 1 heterocycles. The van der Waals surface area contributed by atoms with Gasteiger partial charge >= 0.3 is 0 Å². The number of hydrogen-bond acceptors (Lipinski definition) is 7. The third kappa shape index (κ3) is 3.35. The van der Waals surface area contributed by atoms with Gasteiger partial charge in [-0.2, -0.15) is 5.10 Å². The lowest BCUT2D eigenvalue weighted by Crippen LogP contribution is -2.16. The summed E-state index contributed by atoms with van der Waals surface area (Å²) in [6.45, 7) is 3.25. The summed E-state index contributed by atoms with van der Waals surface area (Å²) in [6, 6.07) is 4.81. The first-order chi connectivity index (χ1) is 10.0. The maximum Gasteiger partial charge on any atom is 0.274 e. The lowest BCUT2D eigenvalue weighted by atomic mass is 10.1. The van der Waals surface area contributed by atoms with Gasteiger partial charge in [-0.05, 0) is 32.0 Å². The number of H-pyrrole nitrogens is 1. The zero-order valence-electron chi connectivity index (χ0n) is 11.8. The van der Waals surface area contributed by atoms with Gasteiger partial charge in [0.05, 0.1) is 12.8 Å². The van der Waals surface area contributed by atoms with Crippen LogP contribution in [0, 0.1) is 6.92 Å². The van der Waals surface area contributed by atoms with Crippen molar-refractivity contribution < 1.29 is 9.84 Å². The van der Waals surface area contributed by atoms with E-state index in [1.54, 1.807) is 26.0 Å². The molecule has 110 valence electrons. The molecule has 0 spiro atoms. The largest absolute Gasteiger partial charge is 0.507 e. The normalized spacial score (nSPS) is 11.3. The molecule has 3 N–H and O–H groups in total. The molecular formula is C13H15N5O3. The Morgan fingerprint density at radius 3 is 2.86 bits per heavy atom. The Labute approximate surface area is 120 Å². The number of anilines is 1. The van der Waals surface area contributed by atoms with Gasteiger partial charge in [0, 0.05) is 5.56 Å². The smallest absolute Gasteiger partial charge is 0.274 e. The van der Waals surface area contributed by atoms with Crippen molar-refractivity contribution in [3.63, 3.8) is 0 Å². The monoisotopic (exact) mass is 289 g/mol. The Morgan fingerprint density at radius 2 is 2.19 bits per heavy atom. The quantitative estimate of drug-likeness (QED) is 0.572. The minimum atomic E-state index is -0.343. The fraction of sp³-hybridized carbons (Fsp3) is 0.231. The summed E-state index contributed by atoms with van der Waals surface area (Å²) in [7, 11) is 1.54. The SMILES string of the molecule is COc1ccc(O)c(/C(C)=N/Nc2nnc(C)c(=O)[nH]2)c1. The number of phenols is 1. The van der Waals surface area contributed by atoms with Gasteiger partial charge in [0.15, 0.2) is 0 Å². The highest BCUT2D eigenvalue weighted by Gasteiger charge is 2.07. The van der Waals surface area contributed by atoms with Crippen LogP contribution in [0.15, 0.2) is 28.1 Å². The minimum Gasteiger partial charge on any atom is -0.507 e. The maximum absolute atomic E-state index is 11.4. The molecule has 0 saturated carbocycles. The number of methoxy groups -OCH3 is 1. The molecule has 0 aliphatic rings. The lowest BCUT2D eigenvalue weighted by Gasteiger charge is -2.07. The van der Waals surface area contributed by atoms with E-state index < -0.39 is 0 Å². The van der Waals surface area contributed by atoms with E-state index in [0.717, 1.165) is 0 Å². The average Bonchev–Trinajstić information content (AvgIpc) is 2.48. The van der Waals surface area contributed by atoms with Crippen molar-refractivity contribution in [2.75, 3.05) is 12.5 Å². The Morgan fingerprint density at radius 1 is 1.43 bits per heavy atom. The number of ether oxygens (including phenoxy) is 1. The molecule has 0 fully saturated rings. The van der Waals surface area contributed by atoms with Gasteiger partial charge in [-0.1, -0.05) is 0 Å². The standard InChI is InChI=1S/C13H15N5O3/c1-7(10-6-9(21-3)4-5-11(10)19)15-17-13-14-12(20)8(2)16-18-13/h4-6,19H,1-3H3,(H2,14,17,18,20)/b15-7+. The lowest BCUT2D eigenvalue weighted by molar-refractivity contribution is 0.412. The Bertz CT molecular complexity index is 739. The first-order valence-electron chi connectivity index (χ1n) is 6.12. The molecule has 0 saturated heterocycles. The summed E-state index contributed by atoms with van der Waals surface area (Å²) in [5.74, 6) is 0.788. The van der Waals surface area contributed by atoms with Crippen molar-refractivity contribution in [2.45, 2.75) is 13.8 Å². The van der Waals surface area contributed by atoms with Gasteiger partial charge in [0.1, 0.15) is 17.2 Å². The molecule has 0 amide bonds. The number of nitrogens with zero attached hydrogens (tertiary/aromatic N) is 3. The van der Waals surface area contributed by atoms with Crippen LogP contribution in [0.3, 0.4) is 0 Å². The van der Waals surface area contributed by atoms with Crippen LogP contribution < -0.4 is 15.7 Å². The van der Waals surface area contributed by atoms with Crippen molar-refractivity contribution in [3.05, 3.63) is 39.8 Å². The highest BCUT2D eigenvalue weighted by molar-refractivity contribution is 6.01. The Kier molecular flexibility index (Phi) is 4.17. The number of aromatic amines is 1. The van der Waals surface area contributed by atoms with E-state index in [-0.39, 0.29) is 23.0 Å². The first-order valence-corrected chi connectivity index (χ1v) is 6.12. The number of benzene rings is 1. The summed E-state index contributed by atoms with van der Waals surface area (Å²) in [6.07, 6.45) is 0. The third-order valence-corrected chi connectivity index (χ3v) is 2.78. The molecule has 0 aliphatic heterocycles. The number of rotatable bonds is 4. The van der Waals surface area contributed by atoms with Gasteiger partial charge in [-0.3, -0.25) is 9.78 Å². The highest BCUT2D eigenvalue weighted by Crippen LogP contribution is 2.23. The second-order valence-electron chi connectivity index (χ2n) is 4.28. The number of aromatic hydroxyl groups is 1. The maximum atomic E-state index is 11.4. The fourth-order valence-corrected chi connectivity index (χ4v) is 1.57. The van der Waals surface area contributed by atoms with E-state index in [1.807, 2.05) is 0 Å². The summed E-state index contributed by atoms with van der Waals surface area (Å²) in [5, 5.41) is 21.3. The molecule has 0 unspecified atom stereocenters. The molecule has 8 nitrogen and oxygen atoms in total. The molecular weight excluding hydrogens is 274 g/mol. The molecule has 0 aliphatic carbocycles. The van der Waals surface area contributed by atoms with Gasteiger partial charge in [-0.15, -0.1) is 10.2 Å². The summed E-state index contributed by atoms with van der Waals surface area (Å²) in [4.78, 5) is 13.9. The fourth-order valence-electron chi connectivity index (χ4n) is 1.57. The van der Waals surface area contributed by atoms with Crippen LogP contribution in [-0.4, -0.2) is 33.1 Å². The number of aromatic nitrogens is 3. The number of phenolic OH excluding ortho intramolecular Hbond substituents is 1. The van der Waals surface area contributed by atoms with Crippen LogP contribution in [0.4, 0.5) is 5.95 Å². The molecule has 1 aromatic heterocycles. The Balaban J connectivity index is 2.24. The predicted octanol–water partition coefficient (Wildman–Crippen LogP) is 1.02. The van der Waals surface area contributed by atoms with Crippen molar-refractivity contribution in [1.29, 1.82) is 0 Å². The van der Waals surface area contributed by atoms with Crippen LogP contribution in [0.1, 0.15) is 18.2 Å². The second kappa shape index (κ2) is 6.04. The van der Waals surface area contributed by atoms with Crippen molar-refractivity contribution >= 4 is 11.7 Å². The molecule has 0 atom stereocenters. The van der Waals surface area contributed by atoms with Crippen LogP contribution >= 0.6 is 0 Å². The number of hydrogen-bond donors (Lipinski definition) is 3. The Hall–Kier alpha value is -2.90. The molecule has 8 heteroatoms. The highest BCUT2D eigenvalue weighted by atomic mass is 16.5. The molecule has 2 rings (SSSR count). The van der Waals surface area contributed by atoms with Crippen LogP contribution in [-0.2, 0) is 0 Å². The molecule has 0 bridgehead atoms. The van der Waals surface area contributed by atoms with E-state index in [9.17, 15) is 9.90 Å². The van der Waals surface area contributed by atoms with Crippen LogP contribution in [0.5, 0.6) is 11.5 Å². The van der Waals surface area contributed by atoms with E-state index >= 15 is 0 Å². The number of nitrogens with one attached hydrogen (secondary N) is 2. The van der Waals surface area contributed by atoms with Gasteiger partial charge < -0.3 is 9.84 Å². The molecule has 1 aromatic carbocycles. The number of hydrazone groups is 1. The molecule has 21 heavy (non-hydrogen) atoms. The summed E-state index contributed by atoms with van der Waals surface area (Å²) >= 11 is 0. The predicted molar refractivity (Wildman–Crippen MR) is 77.9 cm³/mol. The van der Waals surface area contributed by atoms with E-state index in [0.29, 0.717) is 17.0 Å². The zero-order chi connectivity index (χ0) is 15.4. The summed E-state index contributed by atoms with van der Waals surface area (Å²) in [5.41, 5.74) is 3.51. The van der Waals surface area contributed by atoms with Crippen molar-refractivity contribution in [3.8, 4) is 11.5 Å². The molecule has 0 radical (unpaired) electrons. The van der Waals surface area contributed by atoms with E-state index in [2.05, 4.69) is 25.7 Å². The van der Waals surface area contributed by atoms with E-state index in [4.69, 9.17) is 4.74 Å². The van der Waals surface area contributed by atoms with E-state index in [1.165, 1.54) is 13.2 Å². The topological polar surface area (TPSA) is 112 Å². The first kappa shape index (κ1) is 14.5. The van der Waals surface area contributed by atoms with Gasteiger partial charge in [0.2, 0.25) is 5.95 Å². The van der Waals surface area contributed by atoms with Crippen molar-refractivity contribution in [2.24, 2.45) is 5.10 Å².